The minimum absolute atomic E-state index is 0.263. The third kappa shape index (κ3) is 2.59. The highest BCUT2D eigenvalue weighted by Gasteiger charge is 2.05. The fourth-order valence-electron chi connectivity index (χ4n) is 1.18. The zero-order valence-electron chi connectivity index (χ0n) is 7.40. The van der Waals surface area contributed by atoms with Gasteiger partial charge < -0.3 is 10.8 Å². The third-order valence-corrected chi connectivity index (χ3v) is 1.90. The Hall–Kier alpha value is -1.30. The average Bonchev–Trinajstić information content (AvgIpc) is 2.18. The van der Waals surface area contributed by atoms with Gasteiger partial charge in [0, 0.05) is 18.5 Å². The number of hydrogen-bond acceptors (Lipinski definition) is 2. The number of benzene rings is 1. The molecule has 1 rings (SSSR count). The maximum absolute atomic E-state index is 9.34. The number of rotatable bonds is 3. The highest BCUT2D eigenvalue weighted by atomic mass is 16.3. The summed E-state index contributed by atoms with van der Waals surface area (Å²) in [4.78, 5) is 0. The molecule has 0 fully saturated rings. The van der Waals surface area contributed by atoms with E-state index in [2.05, 4.69) is 5.92 Å². The Kier molecular flexibility index (Phi) is 3.51. The molecule has 0 aliphatic heterocycles. The normalized spacial score (nSPS) is 12.1. The van der Waals surface area contributed by atoms with Crippen molar-refractivity contribution in [3.8, 4) is 12.3 Å². The van der Waals surface area contributed by atoms with Gasteiger partial charge in [-0.15, -0.1) is 6.42 Å². The van der Waals surface area contributed by atoms with Crippen molar-refractivity contribution in [3.05, 3.63) is 35.4 Å². The van der Waals surface area contributed by atoms with Crippen LogP contribution in [0.25, 0.3) is 0 Å². The Morgan fingerprint density at radius 2 is 2.15 bits per heavy atom. The van der Waals surface area contributed by atoms with Crippen LogP contribution in [0, 0.1) is 12.3 Å². The summed E-state index contributed by atoms with van der Waals surface area (Å²) < 4.78 is 0. The first-order chi connectivity index (χ1) is 6.27. The van der Waals surface area contributed by atoms with E-state index in [-0.39, 0.29) is 6.54 Å². The molecule has 0 spiro atoms. The minimum atomic E-state index is -0.505. The summed E-state index contributed by atoms with van der Waals surface area (Å²) in [6, 6.07) is 7.56. The standard InChI is InChI=1S/C11H13NO/c1-2-9-5-3-4-6-10(9)7-11(13)8-12/h1,3-6,11,13H,7-8,12H2. The fraction of sp³-hybridized carbons (Fsp3) is 0.273. The monoisotopic (exact) mass is 175 g/mol. The molecule has 0 radical (unpaired) electrons. The molecule has 0 aromatic heterocycles. The maximum atomic E-state index is 9.34. The molecule has 1 aromatic carbocycles. The van der Waals surface area contributed by atoms with Gasteiger partial charge in [0.05, 0.1) is 6.10 Å². The maximum Gasteiger partial charge on any atom is 0.0703 e. The predicted molar refractivity (Wildman–Crippen MR) is 53.1 cm³/mol. The van der Waals surface area contributed by atoms with E-state index in [0.717, 1.165) is 11.1 Å². The average molecular weight is 175 g/mol. The van der Waals surface area contributed by atoms with Crippen LogP contribution in [0.15, 0.2) is 24.3 Å². The Morgan fingerprint density at radius 1 is 1.46 bits per heavy atom. The lowest BCUT2D eigenvalue weighted by atomic mass is 10.0. The molecule has 68 valence electrons. The van der Waals surface area contributed by atoms with Crippen molar-refractivity contribution in [1.29, 1.82) is 0 Å². The minimum Gasteiger partial charge on any atom is -0.391 e. The molecule has 2 heteroatoms. The summed E-state index contributed by atoms with van der Waals surface area (Å²) >= 11 is 0. The van der Waals surface area contributed by atoms with Gasteiger partial charge in [-0.3, -0.25) is 0 Å². The number of terminal acetylenes is 1. The van der Waals surface area contributed by atoms with Crippen molar-refractivity contribution >= 4 is 0 Å². The molecule has 0 aliphatic carbocycles. The molecule has 0 bridgehead atoms. The summed E-state index contributed by atoms with van der Waals surface area (Å²) in [5, 5.41) is 9.34. The van der Waals surface area contributed by atoms with Gasteiger partial charge in [0.25, 0.3) is 0 Å². The number of aliphatic hydroxyl groups excluding tert-OH is 1. The molecule has 0 aliphatic rings. The first-order valence-corrected chi connectivity index (χ1v) is 4.20. The van der Waals surface area contributed by atoms with Crippen LogP contribution in [0.5, 0.6) is 0 Å². The predicted octanol–water partition coefficient (Wildman–Crippen LogP) is 0.530. The zero-order valence-corrected chi connectivity index (χ0v) is 7.40. The molecule has 0 saturated heterocycles. The van der Waals surface area contributed by atoms with E-state index in [4.69, 9.17) is 12.2 Å². The van der Waals surface area contributed by atoms with Crippen molar-refractivity contribution in [2.24, 2.45) is 5.73 Å². The van der Waals surface area contributed by atoms with E-state index >= 15 is 0 Å². The second-order valence-corrected chi connectivity index (χ2v) is 2.90. The van der Waals surface area contributed by atoms with Gasteiger partial charge >= 0.3 is 0 Å². The Morgan fingerprint density at radius 3 is 2.77 bits per heavy atom. The summed E-state index contributed by atoms with van der Waals surface area (Å²) in [7, 11) is 0. The molecular formula is C11H13NO. The molecule has 3 N–H and O–H groups in total. The zero-order chi connectivity index (χ0) is 9.68. The molecular weight excluding hydrogens is 162 g/mol. The van der Waals surface area contributed by atoms with E-state index in [9.17, 15) is 5.11 Å². The smallest absolute Gasteiger partial charge is 0.0703 e. The second-order valence-electron chi connectivity index (χ2n) is 2.90. The van der Waals surface area contributed by atoms with Crippen LogP contribution in [0.3, 0.4) is 0 Å². The lowest BCUT2D eigenvalue weighted by molar-refractivity contribution is 0.183. The first-order valence-electron chi connectivity index (χ1n) is 4.20. The summed E-state index contributed by atoms with van der Waals surface area (Å²) in [5.41, 5.74) is 7.11. The summed E-state index contributed by atoms with van der Waals surface area (Å²) in [5.74, 6) is 2.57. The first kappa shape index (κ1) is 9.79. The summed E-state index contributed by atoms with van der Waals surface area (Å²) in [6.07, 6.45) is 5.32. The van der Waals surface area contributed by atoms with E-state index in [0.29, 0.717) is 6.42 Å². The Labute approximate surface area is 78.4 Å². The highest BCUT2D eigenvalue weighted by Crippen LogP contribution is 2.09. The van der Waals surface area contributed by atoms with Crippen LogP contribution in [0.4, 0.5) is 0 Å². The van der Waals surface area contributed by atoms with Crippen LogP contribution < -0.4 is 5.73 Å². The topological polar surface area (TPSA) is 46.2 Å². The van der Waals surface area contributed by atoms with Gasteiger partial charge in [-0.25, -0.2) is 0 Å². The highest BCUT2D eigenvalue weighted by molar-refractivity contribution is 5.39. The van der Waals surface area contributed by atoms with Gasteiger partial charge in [0.1, 0.15) is 0 Å². The Balaban J connectivity index is 2.82. The largest absolute Gasteiger partial charge is 0.391 e. The molecule has 1 aromatic rings. The lowest BCUT2D eigenvalue weighted by Crippen LogP contribution is -2.22. The van der Waals surface area contributed by atoms with Gasteiger partial charge in [0.15, 0.2) is 0 Å². The van der Waals surface area contributed by atoms with E-state index in [1.165, 1.54) is 0 Å². The molecule has 0 heterocycles. The van der Waals surface area contributed by atoms with Crippen molar-refractivity contribution in [2.45, 2.75) is 12.5 Å². The van der Waals surface area contributed by atoms with Crippen LogP contribution in [0.2, 0.25) is 0 Å². The number of hydrogen-bond donors (Lipinski definition) is 2. The SMILES string of the molecule is C#Cc1ccccc1CC(O)CN. The van der Waals surface area contributed by atoms with Crippen LogP contribution in [0.1, 0.15) is 11.1 Å². The van der Waals surface area contributed by atoms with Gasteiger partial charge in [-0.05, 0) is 11.6 Å². The molecule has 13 heavy (non-hydrogen) atoms. The fourth-order valence-corrected chi connectivity index (χ4v) is 1.18. The quantitative estimate of drug-likeness (QED) is 0.658. The van der Waals surface area contributed by atoms with Gasteiger partial charge in [0.2, 0.25) is 0 Å². The molecule has 1 unspecified atom stereocenters. The Bertz CT molecular complexity index is 314. The molecule has 2 nitrogen and oxygen atoms in total. The third-order valence-electron chi connectivity index (χ3n) is 1.90. The van der Waals surface area contributed by atoms with Crippen LogP contribution >= 0.6 is 0 Å². The number of aliphatic hydroxyl groups is 1. The van der Waals surface area contributed by atoms with Gasteiger partial charge in [-0.1, -0.05) is 24.1 Å². The van der Waals surface area contributed by atoms with Crippen molar-refractivity contribution < 1.29 is 5.11 Å². The second kappa shape index (κ2) is 4.66. The van der Waals surface area contributed by atoms with E-state index in [1.54, 1.807) is 0 Å². The van der Waals surface area contributed by atoms with Crippen molar-refractivity contribution in [2.75, 3.05) is 6.54 Å². The summed E-state index contributed by atoms with van der Waals surface area (Å²) in [6.45, 7) is 0.263. The van der Waals surface area contributed by atoms with Crippen molar-refractivity contribution in [1.82, 2.24) is 0 Å². The molecule has 0 amide bonds. The van der Waals surface area contributed by atoms with Gasteiger partial charge in [-0.2, -0.15) is 0 Å². The lowest BCUT2D eigenvalue weighted by Gasteiger charge is -2.08. The molecule has 0 saturated carbocycles. The van der Waals surface area contributed by atoms with Crippen LogP contribution in [-0.4, -0.2) is 17.8 Å². The number of nitrogens with two attached hydrogens (primary N) is 1. The van der Waals surface area contributed by atoms with E-state index < -0.39 is 6.10 Å². The van der Waals surface area contributed by atoms with Crippen LogP contribution in [-0.2, 0) is 6.42 Å². The van der Waals surface area contributed by atoms with Crippen molar-refractivity contribution in [3.63, 3.8) is 0 Å². The molecule has 1 atom stereocenters. The van der Waals surface area contributed by atoms with E-state index in [1.807, 2.05) is 24.3 Å².